The van der Waals surface area contributed by atoms with Crippen LogP contribution in [0.5, 0.6) is 0 Å². The standard InChI is InChI=1S/C20H28N4O3/c1-2-8-22-19(26)15-5-3-6-16(12-15)20(27)23-10-4-7-17(14-23)24-11-9-21-13-18(24)25/h3,5-6,12,17,21H,2,4,7-11,13-14H2,1H3,(H,22,26). The molecule has 3 amide bonds. The van der Waals surface area contributed by atoms with Gasteiger partial charge in [0.05, 0.1) is 6.54 Å². The molecule has 3 rings (SSSR count). The number of hydrogen-bond donors (Lipinski definition) is 2. The maximum absolute atomic E-state index is 13.0. The number of rotatable bonds is 5. The average Bonchev–Trinajstić information content (AvgIpc) is 2.72. The first kappa shape index (κ1) is 19.4. The van der Waals surface area contributed by atoms with Crippen molar-refractivity contribution >= 4 is 17.7 Å². The summed E-state index contributed by atoms with van der Waals surface area (Å²) in [6.45, 7) is 5.71. The molecule has 2 heterocycles. The molecule has 146 valence electrons. The number of nitrogens with zero attached hydrogens (tertiary/aromatic N) is 2. The number of carbonyl (C=O) groups is 3. The molecule has 0 bridgehead atoms. The minimum Gasteiger partial charge on any atom is -0.352 e. The molecule has 0 saturated carbocycles. The molecule has 1 unspecified atom stereocenters. The van der Waals surface area contributed by atoms with Gasteiger partial charge in [-0.15, -0.1) is 0 Å². The van der Waals surface area contributed by atoms with Gasteiger partial charge < -0.3 is 20.4 Å². The second-order valence-corrected chi connectivity index (χ2v) is 7.15. The minimum absolute atomic E-state index is 0.0765. The van der Waals surface area contributed by atoms with Crippen molar-refractivity contribution in [1.82, 2.24) is 20.4 Å². The lowest BCUT2D eigenvalue weighted by molar-refractivity contribution is -0.135. The number of hydrogen-bond acceptors (Lipinski definition) is 4. The van der Waals surface area contributed by atoms with Gasteiger partial charge in [0.25, 0.3) is 11.8 Å². The summed E-state index contributed by atoms with van der Waals surface area (Å²) in [5.41, 5.74) is 1.02. The summed E-state index contributed by atoms with van der Waals surface area (Å²) < 4.78 is 0. The van der Waals surface area contributed by atoms with E-state index in [1.54, 1.807) is 24.3 Å². The Bertz CT molecular complexity index is 706. The summed E-state index contributed by atoms with van der Waals surface area (Å²) in [5, 5.41) is 5.92. The normalized spacial score (nSPS) is 20.5. The fourth-order valence-electron chi connectivity index (χ4n) is 3.72. The summed E-state index contributed by atoms with van der Waals surface area (Å²) in [6, 6.07) is 6.95. The molecule has 1 aromatic rings. The lowest BCUT2D eigenvalue weighted by Crippen LogP contribution is -2.57. The number of nitrogens with one attached hydrogen (secondary N) is 2. The van der Waals surface area contributed by atoms with Crippen molar-refractivity contribution in [1.29, 1.82) is 0 Å². The third-order valence-electron chi connectivity index (χ3n) is 5.16. The zero-order valence-electron chi connectivity index (χ0n) is 15.9. The Morgan fingerprint density at radius 3 is 2.85 bits per heavy atom. The van der Waals surface area contributed by atoms with Crippen LogP contribution >= 0.6 is 0 Å². The van der Waals surface area contributed by atoms with Gasteiger partial charge in [0.15, 0.2) is 0 Å². The number of piperidine rings is 1. The number of amides is 3. The van der Waals surface area contributed by atoms with Crippen molar-refractivity contribution in [2.75, 3.05) is 39.3 Å². The highest BCUT2D eigenvalue weighted by atomic mass is 16.2. The van der Waals surface area contributed by atoms with Gasteiger partial charge in [-0.25, -0.2) is 0 Å². The first-order valence-corrected chi connectivity index (χ1v) is 9.78. The van der Waals surface area contributed by atoms with Gasteiger partial charge >= 0.3 is 0 Å². The summed E-state index contributed by atoms with van der Waals surface area (Å²) in [5.74, 6) is -0.128. The topological polar surface area (TPSA) is 81.8 Å². The van der Waals surface area contributed by atoms with Crippen LogP contribution in [0.1, 0.15) is 46.9 Å². The molecule has 0 spiro atoms. The fraction of sp³-hybridized carbons (Fsp3) is 0.550. The number of benzene rings is 1. The van der Waals surface area contributed by atoms with Gasteiger partial charge in [-0.3, -0.25) is 14.4 Å². The first-order valence-electron chi connectivity index (χ1n) is 9.78. The van der Waals surface area contributed by atoms with Crippen LogP contribution in [0.3, 0.4) is 0 Å². The third kappa shape index (κ3) is 4.66. The monoisotopic (exact) mass is 372 g/mol. The van der Waals surface area contributed by atoms with Gasteiger partial charge in [-0.1, -0.05) is 13.0 Å². The van der Waals surface area contributed by atoms with Crippen molar-refractivity contribution in [2.24, 2.45) is 0 Å². The van der Waals surface area contributed by atoms with Crippen LogP contribution < -0.4 is 10.6 Å². The number of piperazine rings is 1. The van der Waals surface area contributed by atoms with E-state index in [2.05, 4.69) is 10.6 Å². The lowest BCUT2D eigenvalue weighted by atomic mass is 10.0. The molecular formula is C20H28N4O3. The largest absolute Gasteiger partial charge is 0.352 e. The van der Waals surface area contributed by atoms with Crippen LogP contribution in [0.2, 0.25) is 0 Å². The van der Waals surface area contributed by atoms with Crippen LogP contribution in [0.25, 0.3) is 0 Å². The summed E-state index contributed by atoms with van der Waals surface area (Å²) in [4.78, 5) is 41.0. The van der Waals surface area contributed by atoms with Crippen LogP contribution in [-0.2, 0) is 4.79 Å². The van der Waals surface area contributed by atoms with Crippen molar-refractivity contribution < 1.29 is 14.4 Å². The van der Waals surface area contributed by atoms with E-state index >= 15 is 0 Å². The van der Waals surface area contributed by atoms with E-state index in [9.17, 15) is 14.4 Å². The van der Waals surface area contributed by atoms with Crippen molar-refractivity contribution in [3.8, 4) is 0 Å². The molecule has 2 fully saturated rings. The summed E-state index contributed by atoms with van der Waals surface area (Å²) in [6.07, 6.45) is 2.67. The van der Waals surface area contributed by atoms with Crippen molar-refractivity contribution in [3.63, 3.8) is 0 Å². The molecule has 2 aliphatic rings. The molecular weight excluding hydrogens is 344 g/mol. The van der Waals surface area contributed by atoms with E-state index in [1.807, 2.05) is 16.7 Å². The molecule has 1 aromatic carbocycles. The Balaban J connectivity index is 1.68. The first-order chi connectivity index (χ1) is 13.1. The highest BCUT2D eigenvalue weighted by Crippen LogP contribution is 2.19. The predicted molar refractivity (Wildman–Crippen MR) is 103 cm³/mol. The van der Waals surface area contributed by atoms with Crippen LogP contribution in [0, 0.1) is 0 Å². The van der Waals surface area contributed by atoms with Gasteiger partial charge in [0.1, 0.15) is 0 Å². The molecule has 0 aromatic heterocycles. The highest BCUT2D eigenvalue weighted by Gasteiger charge is 2.32. The molecule has 1 atom stereocenters. The predicted octanol–water partition coefficient (Wildman–Crippen LogP) is 0.863. The smallest absolute Gasteiger partial charge is 0.253 e. The quantitative estimate of drug-likeness (QED) is 0.803. The van der Waals surface area contributed by atoms with Crippen molar-refractivity contribution in [3.05, 3.63) is 35.4 Å². The van der Waals surface area contributed by atoms with Gasteiger partial charge in [0, 0.05) is 49.9 Å². The Kier molecular flexibility index (Phi) is 6.45. The van der Waals surface area contributed by atoms with E-state index in [-0.39, 0.29) is 23.8 Å². The molecule has 7 nitrogen and oxygen atoms in total. The third-order valence-corrected chi connectivity index (χ3v) is 5.16. The molecule has 2 saturated heterocycles. The Hall–Kier alpha value is -2.41. The van der Waals surface area contributed by atoms with E-state index < -0.39 is 0 Å². The van der Waals surface area contributed by atoms with Gasteiger partial charge in [-0.2, -0.15) is 0 Å². The van der Waals surface area contributed by atoms with Gasteiger partial charge in [0.2, 0.25) is 5.91 Å². The SMILES string of the molecule is CCCNC(=O)c1cccc(C(=O)N2CCCC(N3CCNCC3=O)C2)c1. The van der Waals surface area contributed by atoms with Crippen LogP contribution in [-0.4, -0.2) is 72.8 Å². The van der Waals surface area contributed by atoms with Gasteiger partial charge in [-0.05, 0) is 37.5 Å². The molecule has 0 aliphatic carbocycles. The maximum Gasteiger partial charge on any atom is 0.253 e. The van der Waals surface area contributed by atoms with E-state index in [1.165, 1.54) is 0 Å². The maximum atomic E-state index is 13.0. The summed E-state index contributed by atoms with van der Waals surface area (Å²) >= 11 is 0. The Morgan fingerprint density at radius 2 is 2.07 bits per heavy atom. The molecule has 2 N–H and O–H groups in total. The lowest BCUT2D eigenvalue weighted by Gasteiger charge is -2.41. The average molecular weight is 372 g/mol. The minimum atomic E-state index is -0.158. The van der Waals surface area contributed by atoms with Crippen LogP contribution in [0.15, 0.2) is 24.3 Å². The molecule has 7 heteroatoms. The van der Waals surface area contributed by atoms with E-state index in [4.69, 9.17) is 0 Å². The zero-order chi connectivity index (χ0) is 19.2. The van der Waals surface area contributed by atoms with E-state index in [0.717, 1.165) is 25.8 Å². The number of carbonyl (C=O) groups excluding carboxylic acids is 3. The molecule has 0 radical (unpaired) electrons. The number of likely N-dealkylation sites (tertiary alicyclic amines) is 1. The summed E-state index contributed by atoms with van der Waals surface area (Å²) in [7, 11) is 0. The second kappa shape index (κ2) is 8.99. The van der Waals surface area contributed by atoms with Crippen molar-refractivity contribution in [2.45, 2.75) is 32.2 Å². The molecule has 27 heavy (non-hydrogen) atoms. The fourth-order valence-corrected chi connectivity index (χ4v) is 3.72. The van der Waals surface area contributed by atoms with E-state index in [0.29, 0.717) is 43.9 Å². The highest BCUT2D eigenvalue weighted by molar-refractivity contribution is 5.99. The second-order valence-electron chi connectivity index (χ2n) is 7.15. The molecule has 2 aliphatic heterocycles. The Morgan fingerprint density at radius 1 is 1.26 bits per heavy atom. The zero-order valence-corrected chi connectivity index (χ0v) is 15.9. The Labute approximate surface area is 160 Å². The van der Waals surface area contributed by atoms with Crippen LogP contribution in [0.4, 0.5) is 0 Å².